The van der Waals surface area contributed by atoms with Crippen LogP contribution in [-0.4, -0.2) is 37.2 Å². The first kappa shape index (κ1) is 71.3. The zero-order valence-corrected chi connectivity index (χ0v) is 49.3. The van der Waals surface area contributed by atoms with E-state index in [1.54, 1.807) is 6.08 Å². The van der Waals surface area contributed by atoms with E-state index in [2.05, 4.69) is 106 Å². The van der Waals surface area contributed by atoms with Crippen LogP contribution in [0.25, 0.3) is 0 Å². The van der Waals surface area contributed by atoms with Gasteiger partial charge in [0.25, 0.3) is 0 Å². The second-order valence-corrected chi connectivity index (χ2v) is 20.9. The molecule has 430 valence electrons. The van der Waals surface area contributed by atoms with E-state index in [-0.39, 0.29) is 31.6 Å². The molecule has 0 radical (unpaired) electrons. The maximum absolute atomic E-state index is 12.8. The number of carbonyl (C=O) groups is 3. The molecule has 1 atom stereocenters. The van der Waals surface area contributed by atoms with Gasteiger partial charge in [-0.3, -0.25) is 14.4 Å². The molecule has 0 heterocycles. The summed E-state index contributed by atoms with van der Waals surface area (Å²) in [4.78, 5) is 38.1. The van der Waals surface area contributed by atoms with Crippen LogP contribution in [0.3, 0.4) is 0 Å². The second kappa shape index (κ2) is 62.9. The van der Waals surface area contributed by atoms with E-state index in [9.17, 15) is 14.4 Å². The fourth-order valence-electron chi connectivity index (χ4n) is 8.83. The maximum Gasteiger partial charge on any atom is 0.310 e. The zero-order chi connectivity index (χ0) is 54.3. The fraction of sp³-hybridized carbons (Fsp3) is 0.725. The number of hydrogen-bond donors (Lipinski definition) is 0. The summed E-state index contributed by atoms with van der Waals surface area (Å²) in [6.07, 6.45) is 84.7. The fourth-order valence-corrected chi connectivity index (χ4v) is 8.83. The number of allylic oxidation sites excluding steroid dienone is 15. The Hall–Kier alpha value is -3.67. The van der Waals surface area contributed by atoms with Crippen LogP contribution in [-0.2, 0) is 28.6 Å². The third kappa shape index (κ3) is 61.1. The number of ether oxygens (including phenoxy) is 3. The molecule has 0 rings (SSSR count). The summed E-state index contributed by atoms with van der Waals surface area (Å²) in [6.45, 7) is 6.40. The van der Waals surface area contributed by atoms with E-state index in [4.69, 9.17) is 14.2 Å². The minimum Gasteiger partial charge on any atom is -0.462 e. The average Bonchev–Trinajstić information content (AvgIpc) is 3.41. The minimum atomic E-state index is -0.834. The molecule has 0 spiro atoms. The number of rotatable bonds is 57. The lowest BCUT2D eigenvalue weighted by Crippen LogP contribution is -2.30. The highest BCUT2D eigenvalue weighted by atomic mass is 16.6. The van der Waals surface area contributed by atoms with Gasteiger partial charge in [-0.1, -0.05) is 285 Å². The first-order valence-electron chi connectivity index (χ1n) is 31.7. The first-order chi connectivity index (χ1) is 37.0. The van der Waals surface area contributed by atoms with Crippen LogP contribution >= 0.6 is 0 Å². The molecule has 0 fully saturated rings. The third-order valence-corrected chi connectivity index (χ3v) is 13.6. The van der Waals surface area contributed by atoms with Crippen LogP contribution in [0.15, 0.2) is 97.2 Å². The highest BCUT2D eigenvalue weighted by Gasteiger charge is 2.19. The molecule has 1 unspecified atom stereocenters. The Labute approximate surface area is 464 Å². The Morgan fingerprint density at radius 3 is 0.933 bits per heavy atom. The molecule has 0 aromatic heterocycles. The SMILES string of the molecule is CC/C=C\C/C=C\C/C=C\C/C=C\C/C=C\CC(=O)OC(COC(=O)CCCCCCC/C=C\CCCC)COC(=O)CCCCCCCCCCCCCCCCCCCCC/C=C\C/C=C\CCCCCCC. The van der Waals surface area contributed by atoms with Gasteiger partial charge in [0, 0.05) is 12.8 Å². The summed E-state index contributed by atoms with van der Waals surface area (Å²) in [6, 6.07) is 0. The Balaban J connectivity index is 4.19. The van der Waals surface area contributed by atoms with Gasteiger partial charge in [0.15, 0.2) is 6.10 Å². The van der Waals surface area contributed by atoms with E-state index < -0.39 is 12.1 Å². The van der Waals surface area contributed by atoms with Gasteiger partial charge in [-0.05, 0) is 96.3 Å². The lowest BCUT2D eigenvalue weighted by atomic mass is 10.0. The summed E-state index contributed by atoms with van der Waals surface area (Å²) in [5, 5.41) is 0. The Kier molecular flexibility index (Phi) is 59.8. The van der Waals surface area contributed by atoms with Crippen LogP contribution in [0.1, 0.15) is 303 Å². The van der Waals surface area contributed by atoms with E-state index in [0.29, 0.717) is 12.8 Å². The first-order valence-corrected chi connectivity index (χ1v) is 31.7. The molecule has 75 heavy (non-hydrogen) atoms. The molecule has 0 saturated heterocycles. The lowest BCUT2D eigenvalue weighted by Gasteiger charge is -2.18. The lowest BCUT2D eigenvalue weighted by molar-refractivity contribution is -0.166. The molecule has 0 saturated carbocycles. The molecular weight excluding hydrogens is 925 g/mol. The summed E-state index contributed by atoms with van der Waals surface area (Å²) in [5.41, 5.74) is 0. The topological polar surface area (TPSA) is 78.9 Å². The van der Waals surface area contributed by atoms with Crippen LogP contribution in [0.5, 0.6) is 0 Å². The van der Waals surface area contributed by atoms with Gasteiger partial charge >= 0.3 is 17.9 Å². The van der Waals surface area contributed by atoms with Crippen molar-refractivity contribution in [2.24, 2.45) is 0 Å². The van der Waals surface area contributed by atoms with E-state index in [1.165, 1.54) is 173 Å². The largest absolute Gasteiger partial charge is 0.462 e. The smallest absolute Gasteiger partial charge is 0.310 e. The molecule has 0 aromatic carbocycles. The summed E-state index contributed by atoms with van der Waals surface area (Å²) >= 11 is 0. The summed E-state index contributed by atoms with van der Waals surface area (Å²) < 4.78 is 16.7. The average molecular weight is 1040 g/mol. The predicted octanol–water partition coefficient (Wildman–Crippen LogP) is 21.7. The predicted molar refractivity (Wildman–Crippen MR) is 325 cm³/mol. The highest BCUT2D eigenvalue weighted by molar-refractivity contribution is 5.72. The van der Waals surface area contributed by atoms with Crippen molar-refractivity contribution in [1.29, 1.82) is 0 Å². The molecule has 0 aliphatic carbocycles. The van der Waals surface area contributed by atoms with Crippen molar-refractivity contribution < 1.29 is 28.6 Å². The van der Waals surface area contributed by atoms with Crippen molar-refractivity contribution in [3.8, 4) is 0 Å². The minimum absolute atomic E-state index is 0.0953. The molecule has 0 amide bonds. The van der Waals surface area contributed by atoms with Gasteiger partial charge in [0.1, 0.15) is 13.2 Å². The normalized spacial score (nSPS) is 12.7. The van der Waals surface area contributed by atoms with Gasteiger partial charge < -0.3 is 14.2 Å². The number of esters is 3. The quantitative estimate of drug-likeness (QED) is 0.0261. The van der Waals surface area contributed by atoms with Crippen LogP contribution in [0, 0.1) is 0 Å². The van der Waals surface area contributed by atoms with Crippen molar-refractivity contribution in [3.05, 3.63) is 97.2 Å². The summed E-state index contributed by atoms with van der Waals surface area (Å²) in [7, 11) is 0. The van der Waals surface area contributed by atoms with Crippen LogP contribution in [0.2, 0.25) is 0 Å². The Bertz CT molecular complexity index is 1480. The molecule has 6 heteroatoms. The van der Waals surface area contributed by atoms with Gasteiger partial charge in [-0.25, -0.2) is 0 Å². The van der Waals surface area contributed by atoms with Crippen molar-refractivity contribution >= 4 is 17.9 Å². The Morgan fingerprint density at radius 1 is 0.293 bits per heavy atom. The highest BCUT2D eigenvalue weighted by Crippen LogP contribution is 2.16. The molecule has 0 aliphatic heterocycles. The Morgan fingerprint density at radius 2 is 0.573 bits per heavy atom. The standard InChI is InChI=1S/C69H118O6/c1-4-7-10-13-16-19-22-24-26-27-28-29-30-31-32-33-34-35-36-37-38-39-40-41-43-44-47-50-53-56-59-62-68(71)74-65-66(64-73-67(70)61-58-55-52-49-46-21-18-15-12-9-6-3)75-69(72)63-60-57-54-51-48-45-42-25-23-20-17-14-11-8-5-2/h8,11,15,17-18,20,22,24-25,27-28,42,48,51,57,60,66H,4-7,9-10,12-14,16,19,21,23,26,29-41,43-47,49-50,52-56,58-59,61-65H2,1-3H3/b11-8-,18-15-,20-17-,24-22-,28-27-,42-25-,51-48-,60-57-. The number of carbonyl (C=O) groups excluding carboxylic acids is 3. The van der Waals surface area contributed by atoms with Crippen molar-refractivity contribution in [3.63, 3.8) is 0 Å². The van der Waals surface area contributed by atoms with Gasteiger partial charge in [0.2, 0.25) is 0 Å². The zero-order valence-electron chi connectivity index (χ0n) is 49.3. The molecule has 6 nitrogen and oxygen atoms in total. The van der Waals surface area contributed by atoms with Crippen LogP contribution in [0.4, 0.5) is 0 Å². The van der Waals surface area contributed by atoms with Gasteiger partial charge in [-0.2, -0.15) is 0 Å². The number of hydrogen-bond acceptors (Lipinski definition) is 6. The maximum atomic E-state index is 12.8. The number of unbranched alkanes of at least 4 members (excludes halogenated alkanes) is 31. The monoisotopic (exact) mass is 1040 g/mol. The van der Waals surface area contributed by atoms with Gasteiger partial charge in [0.05, 0.1) is 6.42 Å². The van der Waals surface area contributed by atoms with E-state index in [0.717, 1.165) is 89.9 Å². The molecule has 0 N–H and O–H groups in total. The van der Waals surface area contributed by atoms with Crippen molar-refractivity contribution in [2.45, 2.75) is 309 Å². The summed E-state index contributed by atoms with van der Waals surface area (Å²) in [5.74, 6) is -1.05. The molecule has 0 aliphatic rings. The molecule has 0 aromatic rings. The van der Waals surface area contributed by atoms with Crippen molar-refractivity contribution in [1.82, 2.24) is 0 Å². The van der Waals surface area contributed by atoms with Gasteiger partial charge in [-0.15, -0.1) is 0 Å². The van der Waals surface area contributed by atoms with E-state index >= 15 is 0 Å². The van der Waals surface area contributed by atoms with Crippen LogP contribution < -0.4 is 0 Å². The van der Waals surface area contributed by atoms with Crippen molar-refractivity contribution in [2.75, 3.05) is 13.2 Å². The van der Waals surface area contributed by atoms with E-state index in [1.807, 2.05) is 6.08 Å². The third-order valence-electron chi connectivity index (χ3n) is 13.6. The second-order valence-electron chi connectivity index (χ2n) is 20.9. The molecular formula is C69H118O6. The molecule has 0 bridgehead atoms.